The third-order valence-electron chi connectivity index (χ3n) is 4.24. The van der Waals surface area contributed by atoms with E-state index in [1.165, 1.54) is 34.6 Å². The summed E-state index contributed by atoms with van der Waals surface area (Å²) in [5.41, 5.74) is 0.251. The molecule has 0 unspecified atom stereocenters. The number of rotatable bonds is 10. The predicted octanol–water partition coefficient (Wildman–Crippen LogP) is 2.68. The van der Waals surface area contributed by atoms with Crippen molar-refractivity contribution >= 4 is 43.2 Å². The molecule has 0 bridgehead atoms. The number of sulfonamides is 2. The quantitative estimate of drug-likeness (QED) is 0.550. The van der Waals surface area contributed by atoms with Gasteiger partial charge in [-0.1, -0.05) is 43.6 Å². The van der Waals surface area contributed by atoms with Gasteiger partial charge in [0, 0.05) is 31.7 Å². The average molecular weight is 474 g/mol. The molecule has 1 amide bonds. The highest BCUT2D eigenvalue weighted by molar-refractivity contribution is 7.89. The highest BCUT2D eigenvalue weighted by Gasteiger charge is 2.25. The Hall–Kier alpha value is -1.98. The summed E-state index contributed by atoms with van der Waals surface area (Å²) in [4.78, 5) is 12.2. The van der Waals surface area contributed by atoms with E-state index < -0.39 is 26.0 Å². The molecule has 0 fully saturated rings. The highest BCUT2D eigenvalue weighted by Crippen LogP contribution is 2.27. The van der Waals surface area contributed by atoms with Crippen LogP contribution in [0.4, 0.5) is 5.69 Å². The minimum Gasteiger partial charge on any atom is -0.326 e. The van der Waals surface area contributed by atoms with Crippen LogP contribution in [0.1, 0.15) is 20.3 Å². The molecule has 2 rings (SSSR count). The Labute approximate surface area is 182 Å². The molecule has 2 N–H and O–H groups in total. The van der Waals surface area contributed by atoms with Crippen LogP contribution in [0, 0.1) is 0 Å². The van der Waals surface area contributed by atoms with Gasteiger partial charge in [-0.05, 0) is 30.3 Å². The number of carbonyl (C=O) groups is 1. The molecule has 0 saturated carbocycles. The fourth-order valence-corrected chi connectivity index (χ4v) is 5.70. The van der Waals surface area contributed by atoms with E-state index in [9.17, 15) is 21.6 Å². The first-order chi connectivity index (χ1) is 14.1. The Balaban J connectivity index is 2.04. The first-order valence-electron chi connectivity index (χ1n) is 9.26. The summed E-state index contributed by atoms with van der Waals surface area (Å²) in [5, 5.41) is 2.62. The van der Waals surface area contributed by atoms with Crippen LogP contribution in [0.25, 0.3) is 0 Å². The molecule has 0 saturated heterocycles. The van der Waals surface area contributed by atoms with Crippen LogP contribution in [0.5, 0.6) is 0 Å². The zero-order valence-corrected chi connectivity index (χ0v) is 19.0. The number of amides is 1. The summed E-state index contributed by atoms with van der Waals surface area (Å²) < 4.78 is 53.4. The SMILES string of the molecule is CCN(CC)S(=O)(=O)c1cc(NC(=O)CCNS(=O)(=O)c2ccccc2)ccc1Cl. The first-order valence-corrected chi connectivity index (χ1v) is 12.6. The zero-order chi connectivity index (χ0) is 22.4. The van der Waals surface area contributed by atoms with Crippen molar-refractivity contribution in [2.75, 3.05) is 25.0 Å². The van der Waals surface area contributed by atoms with Gasteiger partial charge in [0.05, 0.1) is 9.92 Å². The topological polar surface area (TPSA) is 113 Å². The van der Waals surface area contributed by atoms with Gasteiger partial charge >= 0.3 is 0 Å². The van der Waals surface area contributed by atoms with Crippen molar-refractivity contribution in [2.24, 2.45) is 0 Å². The summed E-state index contributed by atoms with van der Waals surface area (Å²) in [6.07, 6.45) is -0.132. The second-order valence-electron chi connectivity index (χ2n) is 6.24. The van der Waals surface area contributed by atoms with Gasteiger partial charge in [0.2, 0.25) is 26.0 Å². The van der Waals surface area contributed by atoms with Gasteiger partial charge in [0.1, 0.15) is 4.90 Å². The Morgan fingerprint density at radius 1 is 1.00 bits per heavy atom. The van der Waals surface area contributed by atoms with E-state index in [0.29, 0.717) is 0 Å². The van der Waals surface area contributed by atoms with Crippen molar-refractivity contribution in [3.63, 3.8) is 0 Å². The summed E-state index contributed by atoms with van der Waals surface area (Å²) in [5.74, 6) is -0.473. The van der Waals surface area contributed by atoms with Crippen molar-refractivity contribution in [1.29, 1.82) is 0 Å². The molecule has 0 aromatic heterocycles. The number of benzene rings is 2. The number of anilines is 1. The van der Waals surface area contributed by atoms with E-state index >= 15 is 0 Å². The number of halogens is 1. The molecule has 0 radical (unpaired) electrons. The van der Waals surface area contributed by atoms with Gasteiger partial charge < -0.3 is 5.32 Å². The van der Waals surface area contributed by atoms with Crippen LogP contribution in [0.15, 0.2) is 58.3 Å². The zero-order valence-electron chi connectivity index (χ0n) is 16.6. The van der Waals surface area contributed by atoms with Gasteiger partial charge in [0.25, 0.3) is 0 Å². The lowest BCUT2D eigenvalue weighted by Gasteiger charge is -2.19. The second-order valence-corrected chi connectivity index (χ2v) is 10.3. The molecule has 0 aliphatic rings. The van der Waals surface area contributed by atoms with E-state index in [0.717, 1.165) is 0 Å². The molecular weight excluding hydrogens is 450 g/mol. The molecule has 2 aromatic rings. The van der Waals surface area contributed by atoms with Gasteiger partial charge in [-0.25, -0.2) is 21.6 Å². The number of nitrogens with one attached hydrogen (secondary N) is 2. The van der Waals surface area contributed by atoms with Crippen molar-refractivity contribution in [3.05, 3.63) is 53.6 Å². The predicted molar refractivity (Wildman–Crippen MR) is 116 cm³/mol. The molecule has 30 heavy (non-hydrogen) atoms. The number of nitrogens with zero attached hydrogens (tertiary/aromatic N) is 1. The molecule has 0 atom stereocenters. The summed E-state index contributed by atoms with van der Waals surface area (Å²) in [6, 6.07) is 12.0. The standard InChI is InChI=1S/C19H24ClN3O5S2/c1-3-23(4-2)30(27,28)18-14-15(10-11-17(18)20)22-19(24)12-13-21-29(25,26)16-8-6-5-7-9-16/h5-11,14,21H,3-4,12-13H2,1-2H3,(H,22,24). The normalized spacial score (nSPS) is 12.1. The first kappa shape index (κ1) is 24.3. The van der Waals surface area contributed by atoms with Gasteiger partial charge in [0.15, 0.2) is 0 Å². The second kappa shape index (κ2) is 10.4. The Bertz CT molecular complexity index is 1090. The third kappa shape index (κ3) is 6.02. The lowest BCUT2D eigenvalue weighted by atomic mass is 10.3. The average Bonchev–Trinajstić information content (AvgIpc) is 2.70. The number of hydrogen-bond donors (Lipinski definition) is 2. The van der Waals surface area contributed by atoms with Crippen molar-refractivity contribution < 1.29 is 21.6 Å². The minimum atomic E-state index is -3.80. The monoisotopic (exact) mass is 473 g/mol. The summed E-state index contributed by atoms with van der Waals surface area (Å²) in [7, 11) is -7.51. The van der Waals surface area contributed by atoms with Crippen molar-refractivity contribution in [2.45, 2.75) is 30.1 Å². The van der Waals surface area contributed by atoms with Crippen LogP contribution in [0.2, 0.25) is 5.02 Å². The fraction of sp³-hybridized carbons (Fsp3) is 0.316. The van der Waals surface area contributed by atoms with E-state index in [2.05, 4.69) is 10.0 Å². The fourth-order valence-electron chi connectivity index (χ4n) is 2.69. The highest BCUT2D eigenvalue weighted by atomic mass is 35.5. The van der Waals surface area contributed by atoms with E-state index in [4.69, 9.17) is 11.6 Å². The van der Waals surface area contributed by atoms with Gasteiger partial charge in [-0.3, -0.25) is 4.79 Å². The molecule has 8 nitrogen and oxygen atoms in total. The van der Waals surface area contributed by atoms with Crippen molar-refractivity contribution in [3.8, 4) is 0 Å². The summed E-state index contributed by atoms with van der Waals surface area (Å²) >= 11 is 6.07. The Kier molecular flexibility index (Phi) is 8.39. The molecular formula is C19H24ClN3O5S2. The maximum atomic E-state index is 12.7. The molecule has 0 spiro atoms. The van der Waals surface area contributed by atoms with Gasteiger partial charge in [-0.2, -0.15) is 4.31 Å². The van der Waals surface area contributed by atoms with Gasteiger partial charge in [-0.15, -0.1) is 0 Å². The molecule has 0 aliphatic carbocycles. The molecule has 0 aliphatic heterocycles. The largest absolute Gasteiger partial charge is 0.326 e. The smallest absolute Gasteiger partial charge is 0.244 e. The summed E-state index contributed by atoms with van der Waals surface area (Å²) in [6.45, 7) is 3.90. The van der Waals surface area contributed by atoms with Crippen LogP contribution < -0.4 is 10.0 Å². The Morgan fingerprint density at radius 3 is 2.23 bits per heavy atom. The maximum Gasteiger partial charge on any atom is 0.244 e. The lowest BCUT2D eigenvalue weighted by Crippen LogP contribution is -2.31. The van der Waals surface area contributed by atoms with Crippen LogP contribution in [-0.4, -0.2) is 46.7 Å². The van der Waals surface area contributed by atoms with Crippen molar-refractivity contribution in [1.82, 2.24) is 9.03 Å². The van der Waals surface area contributed by atoms with Crippen LogP contribution in [0.3, 0.4) is 0 Å². The lowest BCUT2D eigenvalue weighted by molar-refractivity contribution is -0.116. The number of carbonyl (C=O) groups excluding carboxylic acids is 1. The molecule has 2 aromatic carbocycles. The third-order valence-corrected chi connectivity index (χ3v) is 8.24. The van der Waals surface area contributed by atoms with E-state index in [-0.39, 0.29) is 46.6 Å². The molecule has 164 valence electrons. The minimum absolute atomic E-state index is 0.0514. The Morgan fingerprint density at radius 2 is 1.63 bits per heavy atom. The van der Waals surface area contributed by atoms with E-state index in [1.807, 2.05) is 0 Å². The maximum absolute atomic E-state index is 12.7. The van der Waals surface area contributed by atoms with E-state index in [1.54, 1.807) is 32.0 Å². The molecule has 0 heterocycles. The van der Waals surface area contributed by atoms with Crippen LogP contribution >= 0.6 is 11.6 Å². The molecule has 11 heteroatoms. The number of hydrogen-bond acceptors (Lipinski definition) is 5. The van der Waals surface area contributed by atoms with Crippen LogP contribution in [-0.2, 0) is 24.8 Å².